The van der Waals surface area contributed by atoms with E-state index in [0.29, 0.717) is 12.6 Å². The normalized spacial score (nSPS) is 31.1. The van der Waals surface area contributed by atoms with E-state index in [9.17, 15) is 5.11 Å². The lowest BCUT2D eigenvalue weighted by Crippen LogP contribution is -2.34. The molecule has 3 nitrogen and oxygen atoms in total. The Morgan fingerprint density at radius 1 is 1.29 bits per heavy atom. The van der Waals surface area contributed by atoms with E-state index in [0.717, 1.165) is 38.8 Å². The van der Waals surface area contributed by atoms with Gasteiger partial charge in [-0.05, 0) is 32.2 Å². The molecule has 0 bridgehead atoms. The lowest BCUT2D eigenvalue weighted by Gasteiger charge is -2.22. The van der Waals surface area contributed by atoms with Crippen molar-refractivity contribution >= 4 is 0 Å². The van der Waals surface area contributed by atoms with Crippen molar-refractivity contribution in [1.29, 1.82) is 0 Å². The molecule has 2 rings (SSSR count). The second-order valence-electron chi connectivity index (χ2n) is 4.74. The molecule has 0 aromatic carbocycles. The molecule has 0 amide bonds. The van der Waals surface area contributed by atoms with Gasteiger partial charge in [-0.2, -0.15) is 0 Å². The summed E-state index contributed by atoms with van der Waals surface area (Å²) < 4.78 is 5.59. The van der Waals surface area contributed by atoms with Crippen LogP contribution in [0.4, 0.5) is 0 Å². The summed E-state index contributed by atoms with van der Waals surface area (Å²) in [6.07, 6.45) is 6.63. The fourth-order valence-corrected chi connectivity index (χ4v) is 2.47. The molecule has 1 atom stereocenters. The first-order valence-corrected chi connectivity index (χ1v) is 5.82. The molecule has 1 saturated carbocycles. The Morgan fingerprint density at radius 2 is 2.07 bits per heavy atom. The number of nitrogens with one attached hydrogen (secondary N) is 1. The average molecular weight is 199 g/mol. The zero-order chi connectivity index (χ0) is 9.86. The zero-order valence-electron chi connectivity index (χ0n) is 8.80. The molecule has 2 fully saturated rings. The highest BCUT2D eigenvalue weighted by Crippen LogP contribution is 2.29. The van der Waals surface area contributed by atoms with Crippen LogP contribution in [0, 0.1) is 0 Å². The van der Waals surface area contributed by atoms with Crippen molar-refractivity contribution in [3.8, 4) is 0 Å². The molecule has 1 heterocycles. The molecule has 1 aliphatic carbocycles. The molecule has 82 valence electrons. The van der Waals surface area contributed by atoms with Crippen LogP contribution in [-0.4, -0.2) is 36.5 Å². The number of rotatable bonds is 4. The second kappa shape index (κ2) is 4.60. The van der Waals surface area contributed by atoms with Crippen molar-refractivity contribution in [2.75, 3.05) is 19.8 Å². The van der Waals surface area contributed by atoms with Crippen LogP contribution in [0.15, 0.2) is 0 Å². The maximum absolute atomic E-state index is 10.0. The lowest BCUT2D eigenvalue weighted by atomic mass is 10.0. The summed E-state index contributed by atoms with van der Waals surface area (Å²) in [5.74, 6) is 0. The molecule has 0 aromatic rings. The highest BCUT2D eigenvalue weighted by molar-refractivity contribution is 4.84. The molecular weight excluding hydrogens is 178 g/mol. The smallest absolute Gasteiger partial charge is 0.0880 e. The Hall–Kier alpha value is -0.120. The van der Waals surface area contributed by atoms with E-state index in [1.165, 1.54) is 12.8 Å². The first-order chi connectivity index (χ1) is 6.79. The van der Waals surface area contributed by atoms with Crippen molar-refractivity contribution in [3.63, 3.8) is 0 Å². The van der Waals surface area contributed by atoms with Gasteiger partial charge in [-0.1, -0.05) is 12.8 Å². The molecular formula is C11H21NO2. The van der Waals surface area contributed by atoms with Gasteiger partial charge in [0.1, 0.15) is 0 Å². The van der Waals surface area contributed by atoms with Gasteiger partial charge < -0.3 is 15.2 Å². The quantitative estimate of drug-likeness (QED) is 0.711. The van der Waals surface area contributed by atoms with Gasteiger partial charge in [0.05, 0.1) is 18.8 Å². The van der Waals surface area contributed by atoms with E-state index in [1.54, 1.807) is 0 Å². The third kappa shape index (κ3) is 2.69. The van der Waals surface area contributed by atoms with Crippen molar-refractivity contribution in [2.24, 2.45) is 0 Å². The number of hydrogen-bond acceptors (Lipinski definition) is 3. The van der Waals surface area contributed by atoms with E-state index >= 15 is 0 Å². The summed E-state index contributed by atoms with van der Waals surface area (Å²) in [5, 5.41) is 13.4. The van der Waals surface area contributed by atoms with Gasteiger partial charge in [0.25, 0.3) is 0 Å². The van der Waals surface area contributed by atoms with Crippen LogP contribution in [0.5, 0.6) is 0 Å². The van der Waals surface area contributed by atoms with Gasteiger partial charge in [-0.25, -0.2) is 0 Å². The van der Waals surface area contributed by atoms with E-state index in [1.807, 2.05) is 0 Å². The highest BCUT2D eigenvalue weighted by Gasteiger charge is 2.31. The molecule has 1 aliphatic heterocycles. The predicted molar refractivity (Wildman–Crippen MR) is 55.3 cm³/mol. The van der Waals surface area contributed by atoms with Crippen molar-refractivity contribution in [2.45, 2.75) is 50.2 Å². The van der Waals surface area contributed by atoms with Gasteiger partial charge >= 0.3 is 0 Å². The monoisotopic (exact) mass is 199 g/mol. The summed E-state index contributed by atoms with van der Waals surface area (Å²) in [6, 6.07) is 0.528. The summed E-state index contributed by atoms with van der Waals surface area (Å²) in [6.45, 7) is 2.42. The van der Waals surface area contributed by atoms with Gasteiger partial charge in [-0.3, -0.25) is 0 Å². The van der Waals surface area contributed by atoms with Crippen LogP contribution in [0.2, 0.25) is 0 Å². The van der Waals surface area contributed by atoms with Gasteiger partial charge in [0, 0.05) is 6.04 Å². The topological polar surface area (TPSA) is 41.5 Å². The van der Waals surface area contributed by atoms with E-state index in [2.05, 4.69) is 5.32 Å². The van der Waals surface area contributed by atoms with E-state index < -0.39 is 5.60 Å². The summed E-state index contributed by atoms with van der Waals surface area (Å²) in [7, 11) is 0. The lowest BCUT2D eigenvalue weighted by molar-refractivity contribution is -0.0449. The molecule has 0 radical (unpaired) electrons. The largest absolute Gasteiger partial charge is 0.387 e. The first-order valence-electron chi connectivity index (χ1n) is 5.82. The van der Waals surface area contributed by atoms with E-state index in [4.69, 9.17) is 4.74 Å². The molecule has 0 aromatic heterocycles. The summed E-state index contributed by atoms with van der Waals surface area (Å²) in [4.78, 5) is 0. The van der Waals surface area contributed by atoms with Gasteiger partial charge in [-0.15, -0.1) is 0 Å². The fraction of sp³-hybridized carbons (Fsp3) is 1.00. The van der Waals surface area contributed by atoms with Crippen molar-refractivity contribution in [3.05, 3.63) is 0 Å². The maximum Gasteiger partial charge on any atom is 0.0880 e. The minimum Gasteiger partial charge on any atom is -0.387 e. The van der Waals surface area contributed by atoms with Crippen LogP contribution in [0.1, 0.15) is 38.5 Å². The summed E-state index contributed by atoms with van der Waals surface area (Å²) >= 11 is 0. The molecule has 3 heteroatoms. The van der Waals surface area contributed by atoms with Crippen LogP contribution < -0.4 is 5.32 Å². The third-order valence-electron chi connectivity index (χ3n) is 3.39. The van der Waals surface area contributed by atoms with Crippen LogP contribution in [0.25, 0.3) is 0 Å². The molecule has 1 saturated heterocycles. The van der Waals surface area contributed by atoms with Gasteiger partial charge in [0.2, 0.25) is 0 Å². The fourth-order valence-electron chi connectivity index (χ4n) is 2.47. The SMILES string of the molecule is OC1(COCC2CCCN2)CCCC1. The highest BCUT2D eigenvalue weighted by atomic mass is 16.5. The minimum absolute atomic E-state index is 0.501. The Morgan fingerprint density at radius 3 is 2.71 bits per heavy atom. The maximum atomic E-state index is 10.0. The van der Waals surface area contributed by atoms with Crippen LogP contribution >= 0.6 is 0 Å². The van der Waals surface area contributed by atoms with Crippen molar-refractivity contribution < 1.29 is 9.84 Å². The Bertz CT molecular complexity index is 172. The molecule has 14 heavy (non-hydrogen) atoms. The van der Waals surface area contributed by atoms with Crippen molar-refractivity contribution in [1.82, 2.24) is 5.32 Å². The summed E-state index contributed by atoms with van der Waals surface area (Å²) in [5.41, 5.74) is -0.501. The predicted octanol–water partition coefficient (Wildman–Crippen LogP) is 1.06. The second-order valence-corrected chi connectivity index (χ2v) is 4.74. The molecule has 1 unspecified atom stereocenters. The average Bonchev–Trinajstić information content (AvgIpc) is 2.77. The third-order valence-corrected chi connectivity index (χ3v) is 3.39. The number of hydrogen-bond donors (Lipinski definition) is 2. The zero-order valence-corrected chi connectivity index (χ0v) is 8.80. The molecule has 2 N–H and O–H groups in total. The Balaban J connectivity index is 1.61. The molecule has 2 aliphatic rings. The van der Waals surface area contributed by atoms with Gasteiger partial charge in [0.15, 0.2) is 0 Å². The molecule has 0 spiro atoms. The number of aliphatic hydroxyl groups is 1. The van der Waals surface area contributed by atoms with Crippen LogP contribution in [-0.2, 0) is 4.74 Å². The number of ether oxygens (including phenoxy) is 1. The Labute approximate surface area is 85.8 Å². The minimum atomic E-state index is -0.501. The standard InChI is InChI=1S/C11H21NO2/c13-11(5-1-2-6-11)9-14-8-10-4-3-7-12-10/h10,12-13H,1-9H2. The van der Waals surface area contributed by atoms with Crippen LogP contribution in [0.3, 0.4) is 0 Å². The first kappa shape index (κ1) is 10.4. The Kier molecular flexibility index (Phi) is 3.42. The van der Waals surface area contributed by atoms with E-state index in [-0.39, 0.29) is 0 Å².